The molecule has 0 radical (unpaired) electrons. The van der Waals surface area contributed by atoms with E-state index in [1.165, 1.54) is 12.5 Å². The summed E-state index contributed by atoms with van der Waals surface area (Å²) >= 11 is 0. The Kier molecular flexibility index (Phi) is 9.42. The number of ether oxygens (including phenoxy) is 3. The van der Waals surface area contributed by atoms with Crippen LogP contribution in [0.1, 0.15) is 61.8 Å². The summed E-state index contributed by atoms with van der Waals surface area (Å²) in [6, 6.07) is 16.5. The van der Waals surface area contributed by atoms with Crippen LogP contribution in [0.2, 0.25) is 0 Å². The van der Waals surface area contributed by atoms with Crippen LogP contribution in [0.5, 0.6) is 17.2 Å². The highest BCUT2D eigenvalue weighted by atomic mass is 16.5. The van der Waals surface area contributed by atoms with Gasteiger partial charge in [0, 0.05) is 25.6 Å². The molecular formula is C35H41N3O6. The number of carbonyl (C=O) groups is 2. The van der Waals surface area contributed by atoms with Crippen molar-refractivity contribution >= 4 is 17.5 Å². The second kappa shape index (κ2) is 13.4. The molecule has 2 N–H and O–H groups in total. The number of carbonyl (C=O) groups excluding carboxylic acids is 2. The molecule has 2 amide bonds. The van der Waals surface area contributed by atoms with Crippen molar-refractivity contribution in [1.29, 1.82) is 0 Å². The highest BCUT2D eigenvalue weighted by Gasteiger charge is 2.30. The summed E-state index contributed by atoms with van der Waals surface area (Å²) in [5.41, 5.74) is 4.48. The Hall–Kier alpha value is -4.53. The standard InChI is InChI=1S/C35H41N3O6/c1-21(35(41)38-17-15-24(16-18-38)23-9-7-6-8-10-23)36-29-14-12-26-27(20-30(29)40)28(37-22(2)39)13-11-25-19-31(42-3)33(43-4)34(44-5)32(25)26/h6-10,12,14,19-21,24,28H,11,13,15-18H2,1-5H3,(H,36,40)(H,37,39)/t21-,28-/m0/s1. The van der Waals surface area contributed by atoms with Gasteiger partial charge >= 0.3 is 0 Å². The van der Waals surface area contributed by atoms with Gasteiger partial charge in [-0.15, -0.1) is 0 Å². The molecule has 1 saturated heterocycles. The lowest BCUT2D eigenvalue weighted by atomic mass is 9.89. The number of nitrogens with one attached hydrogen (secondary N) is 2. The van der Waals surface area contributed by atoms with Crippen molar-refractivity contribution in [2.45, 2.75) is 57.5 Å². The molecule has 0 unspecified atom stereocenters. The molecule has 0 aromatic heterocycles. The minimum atomic E-state index is -0.601. The Balaban J connectivity index is 1.46. The molecule has 0 saturated carbocycles. The van der Waals surface area contributed by atoms with Gasteiger partial charge < -0.3 is 29.7 Å². The molecule has 1 fully saturated rings. The highest BCUT2D eigenvalue weighted by molar-refractivity contribution is 5.86. The van der Waals surface area contributed by atoms with E-state index in [2.05, 4.69) is 34.9 Å². The first kappa shape index (κ1) is 30.9. The van der Waals surface area contributed by atoms with Crippen molar-refractivity contribution in [1.82, 2.24) is 10.2 Å². The molecule has 0 bridgehead atoms. The van der Waals surface area contributed by atoms with Crippen LogP contribution in [0.3, 0.4) is 0 Å². The summed E-state index contributed by atoms with van der Waals surface area (Å²) in [5.74, 6) is 1.68. The zero-order valence-corrected chi connectivity index (χ0v) is 26.1. The van der Waals surface area contributed by atoms with E-state index >= 15 is 0 Å². The monoisotopic (exact) mass is 599 g/mol. The lowest BCUT2D eigenvalue weighted by molar-refractivity contribution is -0.132. The molecule has 1 heterocycles. The summed E-state index contributed by atoms with van der Waals surface area (Å²) in [7, 11) is 4.69. The molecule has 232 valence electrons. The predicted molar refractivity (Wildman–Crippen MR) is 171 cm³/mol. The SMILES string of the molecule is COc1cc2c(c(OC)c1OC)-c1ccc(N[C@@H](C)C(=O)N3CCC(c4ccccc4)CC3)c(=O)cc1[C@@H](NC(C)=O)CC2. The average molecular weight is 600 g/mol. The van der Waals surface area contributed by atoms with Crippen LogP contribution in [0.25, 0.3) is 11.1 Å². The number of piperidine rings is 1. The van der Waals surface area contributed by atoms with Gasteiger partial charge in [-0.3, -0.25) is 14.4 Å². The molecule has 5 rings (SSSR count). The summed E-state index contributed by atoms with van der Waals surface area (Å²) in [6.07, 6.45) is 2.99. The third-order valence-corrected chi connectivity index (χ3v) is 8.74. The van der Waals surface area contributed by atoms with E-state index < -0.39 is 12.1 Å². The molecule has 3 aromatic carbocycles. The summed E-state index contributed by atoms with van der Waals surface area (Å²) in [4.78, 5) is 41.2. The van der Waals surface area contributed by atoms with Crippen molar-refractivity contribution in [3.8, 4) is 28.4 Å². The fraction of sp³-hybridized carbons (Fsp3) is 0.400. The molecule has 1 aliphatic carbocycles. The third-order valence-electron chi connectivity index (χ3n) is 8.74. The molecule has 44 heavy (non-hydrogen) atoms. The zero-order valence-electron chi connectivity index (χ0n) is 26.1. The van der Waals surface area contributed by atoms with Crippen molar-refractivity contribution in [2.75, 3.05) is 39.7 Å². The van der Waals surface area contributed by atoms with Crippen molar-refractivity contribution in [3.63, 3.8) is 0 Å². The van der Waals surface area contributed by atoms with Gasteiger partial charge in [-0.25, -0.2) is 0 Å². The van der Waals surface area contributed by atoms with Crippen LogP contribution >= 0.6 is 0 Å². The van der Waals surface area contributed by atoms with Crippen LogP contribution in [0, 0.1) is 0 Å². The Bertz CT molecular complexity index is 1580. The number of nitrogens with zero attached hydrogens (tertiary/aromatic N) is 1. The van der Waals surface area contributed by atoms with Crippen LogP contribution in [-0.2, 0) is 16.0 Å². The van der Waals surface area contributed by atoms with E-state index in [1.54, 1.807) is 40.4 Å². The molecule has 1 aliphatic heterocycles. The third kappa shape index (κ3) is 6.23. The Morgan fingerprint density at radius 3 is 2.25 bits per heavy atom. The van der Waals surface area contributed by atoms with E-state index in [-0.39, 0.29) is 17.2 Å². The number of anilines is 1. The van der Waals surface area contributed by atoms with E-state index in [1.807, 2.05) is 23.1 Å². The molecule has 9 heteroatoms. The molecule has 0 spiro atoms. The molecule has 2 atom stereocenters. The first-order valence-electron chi connectivity index (χ1n) is 15.1. The second-order valence-electron chi connectivity index (χ2n) is 11.5. The van der Waals surface area contributed by atoms with Crippen LogP contribution in [0.4, 0.5) is 5.69 Å². The van der Waals surface area contributed by atoms with Gasteiger partial charge in [0.1, 0.15) is 6.04 Å². The second-order valence-corrected chi connectivity index (χ2v) is 11.5. The fourth-order valence-electron chi connectivity index (χ4n) is 6.55. The van der Waals surface area contributed by atoms with Crippen molar-refractivity contribution in [2.24, 2.45) is 0 Å². The largest absolute Gasteiger partial charge is 0.493 e. The topological polar surface area (TPSA) is 106 Å². The highest BCUT2D eigenvalue weighted by Crippen LogP contribution is 2.50. The smallest absolute Gasteiger partial charge is 0.244 e. The maximum Gasteiger partial charge on any atom is 0.244 e. The quantitative estimate of drug-likeness (QED) is 0.373. The number of amides is 2. The maximum absolute atomic E-state index is 13.7. The zero-order chi connectivity index (χ0) is 31.4. The van der Waals surface area contributed by atoms with Gasteiger partial charge in [-0.05, 0) is 79.0 Å². The maximum atomic E-state index is 13.7. The normalized spacial score (nSPS) is 16.9. The average Bonchev–Trinajstić information content (AvgIpc) is 3.28. The molecular weight excluding hydrogens is 558 g/mol. The van der Waals surface area contributed by atoms with Crippen molar-refractivity contribution < 1.29 is 23.8 Å². The molecule has 9 nitrogen and oxygen atoms in total. The van der Waals surface area contributed by atoms with E-state index in [0.717, 1.165) is 29.5 Å². The number of hydrogen-bond donors (Lipinski definition) is 2. The predicted octanol–water partition coefficient (Wildman–Crippen LogP) is 5.07. The molecule has 2 aliphatic rings. The first-order valence-corrected chi connectivity index (χ1v) is 15.1. The summed E-state index contributed by atoms with van der Waals surface area (Å²) < 4.78 is 17.1. The lowest BCUT2D eigenvalue weighted by Gasteiger charge is -2.34. The van der Waals surface area contributed by atoms with E-state index in [9.17, 15) is 14.4 Å². The number of methoxy groups -OCH3 is 3. The number of hydrogen-bond acceptors (Lipinski definition) is 7. The fourth-order valence-corrected chi connectivity index (χ4v) is 6.55. The Morgan fingerprint density at radius 2 is 1.61 bits per heavy atom. The van der Waals surface area contributed by atoms with Crippen LogP contribution in [0.15, 0.2) is 59.4 Å². The number of benzene rings is 2. The van der Waals surface area contributed by atoms with Gasteiger partial charge in [0.05, 0.1) is 33.1 Å². The minimum Gasteiger partial charge on any atom is -0.493 e. The van der Waals surface area contributed by atoms with E-state index in [4.69, 9.17) is 14.2 Å². The van der Waals surface area contributed by atoms with Crippen molar-refractivity contribution in [3.05, 3.63) is 81.5 Å². The van der Waals surface area contributed by atoms with Crippen LogP contribution in [-0.4, -0.2) is 57.2 Å². The van der Waals surface area contributed by atoms with E-state index in [0.29, 0.717) is 60.3 Å². The number of fused-ring (bicyclic) bond motifs is 3. The van der Waals surface area contributed by atoms with Crippen LogP contribution < -0.4 is 30.3 Å². The summed E-state index contributed by atoms with van der Waals surface area (Å²) in [6.45, 7) is 4.60. The van der Waals surface area contributed by atoms with Gasteiger partial charge in [0.2, 0.25) is 23.0 Å². The van der Waals surface area contributed by atoms with Gasteiger partial charge in [0.25, 0.3) is 0 Å². The Labute approximate surface area is 258 Å². The minimum absolute atomic E-state index is 0.0380. The molecule has 3 aromatic rings. The first-order chi connectivity index (χ1) is 21.2. The summed E-state index contributed by atoms with van der Waals surface area (Å²) in [5, 5.41) is 6.21. The lowest BCUT2D eigenvalue weighted by Crippen LogP contribution is -2.45. The van der Waals surface area contributed by atoms with Gasteiger partial charge in [-0.1, -0.05) is 36.4 Å². The Morgan fingerprint density at radius 1 is 0.909 bits per heavy atom. The van der Waals surface area contributed by atoms with Gasteiger partial charge in [-0.2, -0.15) is 0 Å². The number of aryl methyl sites for hydroxylation is 1. The number of rotatable bonds is 8. The number of likely N-dealkylation sites (tertiary alicyclic amines) is 1. The van der Waals surface area contributed by atoms with Gasteiger partial charge in [0.15, 0.2) is 11.5 Å².